The van der Waals surface area contributed by atoms with Gasteiger partial charge in [0.1, 0.15) is 0 Å². The van der Waals surface area contributed by atoms with E-state index in [9.17, 15) is 9.59 Å². The molecule has 1 fully saturated rings. The number of hydrogen-bond acceptors (Lipinski definition) is 3. The fraction of sp³-hybridized carbons (Fsp3) is 0.467. The molecule has 0 aliphatic heterocycles. The Morgan fingerprint density at radius 2 is 1.90 bits per heavy atom. The summed E-state index contributed by atoms with van der Waals surface area (Å²) >= 11 is 0. The molecule has 0 heterocycles. The predicted molar refractivity (Wildman–Crippen MR) is 76.5 cm³/mol. The summed E-state index contributed by atoms with van der Waals surface area (Å²) in [6.07, 6.45) is 1.90. The van der Waals surface area contributed by atoms with Crippen molar-refractivity contribution in [3.05, 3.63) is 35.4 Å². The monoisotopic (exact) mass is 275 g/mol. The molecule has 2 amide bonds. The summed E-state index contributed by atoms with van der Waals surface area (Å²) in [5.74, 6) is -0.733. The second-order valence-electron chi connectivity index (χ2n) is 5.46. The van der Waals surface area contributed by atoms with Gasteiger partial charge in [0, 0.05) is 12.6 Å². The minimum Gasteiger partial charge on any atom is -0.370 e. The molecule has 0 saturated heterocycles. The molecule has 0 radical (unpaired) electrons. The predicted octanol–water partition coefficient (Wildman–Crippen LogP) is 0.689. The highest BCUT2D eigenvalue weighted by molar-refractivity contribution is 5.87. The molecule has 1 aliphatic rings. The van der Waals surface area contributed by atoms with E-state index in [1.165, 1.54) is 5.56 Å². The molecule has 1 aliphatic carbocycles. The van der Waals surface area contributed by atoms with Crippen molar-refractivity contribution in [2.75, 3.05) is 0 Å². The van der Waals surface area contributed by atoms with Crippen LogP contribution in [0.3, 0.4) is 0 Å². The molecule has 4 N–H and O–H groups in total. The molecule has 1 aromatic carbocycles. The van der Waals surface area contributed by atoms with Crippen LogP contribution in [0.4, 0.5) is 0 Å². The smallest absolute Gasteiger partial charge is 0.240 e. The van der Waals surface area contributed by atoms with E-state index in [4.69, 9.17) is 11.5 Å². The van der Waals surface area contributed by atoms with E-state index in [-0.39, 0.29) is 18.4 Å². The Hall–Kier alpha value is -1.88. The number of nitrogens with zero attached hydrogens (tertiary/aromatic N) is 1. The summed E-state index contributed by atoms with van der Waals surface area (Å²) < 4.78 is 0. The summed E-state index contributed by atoms with van der Waals surface area (Å²) in [4.78, 5) is 25.0. The third-order valence-corrected chi connectivity index (χ3v) is 3.48. The molecule has 0 aromatic heterocycles. The van der Waals surface area contributed by atoms with E-state index in [0.29, 0.717) is 6.54 Å². The molecule has 2 rings (SSSR count). The van der Waals surface area contributed by atoms with Crippen LogP contribution in [-0.4, -0.2) is 28.8 Å². The lowest BCUT2D eigenvalue weighted by molar-refractivity contribution is -0.135. The highest BCUT2D eigenvalue weighted by Crippen LogP contribution is 2.29. The van der Waals surface area contributed by atoms with Crippen LogP contribution >= 0.6 is 0 Å². The van der Waals surface area contributed by atoms with Crippen LogP contribution in [0, 0.1) is 6.92 Å². The molecule has 108 valence electrons. The molecule has 5 heteroatoms. The van der Waals surface area contributed by atoms with Crippen LogP contribution in [0.5, 0.6) is 0 Å². The van der Waals surface area contributed by atoms with Gasteiger partial charge >= 0.3 is 0 Å². The molecule has 1 saturated carbocycles. The fourth-order valence-corrected chi connectivity index (χ4v) is 2.18. The summed E-state index contributed by atoms with van der Waals surface area (Å²) in [5.41, 5.74) is 13.1. The zero-order valence-electron chi connectivity index (χ0n) is 11.7. The molecular formula is C15H21N3O2. The summed E-state index contributed by atoms with van der Waals surface area (Å²) in [5, 5.41) is 0. The van der Waals surface area contributed by atoms with Crippen LogP contribution < -0.4 is 11.5 Å². The van der Waals surface area contributed by atoms with Gasteiger partial charge in [0.15, 0.2) is 0 Å². The van der Waals surface area contributed by atoms with Crippen molar-refractivity contribution >= 4 is 11.8 Å². The molecule has 5 nitrogen and oxygen atoms in total. The van der Waals surface area contributed by atoms with E-state index < -0.39 is 11.9 Å². The van der Waals surface area contributed by atoms with Crippen LogP contribution in [0.25, 0.3) is 0 Å². The lowest BCUT2D eigenvalue weighted by Gasteiger charge is -2.25. The number of carbonyl (C=O) groups excluding carboxylic acids is 2. The lowest BCUT2D eigenvalue weighted by atomic mass is 10.1. The van der Waals surface area contributed by atoms with E-state index >= 15 is 0 Å². The first-order valence-corrected chi connectivity index (χ1v) is 6.87. The normalized spacial score (nSPS) is 15.7. The van der Waals surface area contributed by atoms with Crippen molar-refractivity contribution in [2.45, 2.75) is 44.8 Å². The van der Waals surface area contributed by atoms with Gasteiger partial charge in [0.2, 0.25) is 11.8 Å². The minimum atomic E-state index is -0.835. The van der Waals surface area contributed by atoms with E-state index in [1.807, 2.05) is 31.2 Å². The Morgan fingerprint density at radius 3 is 2.40 bits per heavy atom. The van der Waals surface area contributed by atoms with Gasteiger partial charge in [-0.3, -0.25) is 9.59 Å². The average molecular weight is 275 g/mol. The summed E-state index contributed by atoms with van der Waals surface area (Å²) in [7, 11) is 0. The maximum Gasteiger partial charge on any atom is 0.240 e. The summed E-state index contributed by atoms with van der Waals surface area (Å²) in [6, 6.07) is 7.48. The van der Waals surface area contributed by atoms with Crippen molar-refractivity contribution in [2.24, 2.45) is 11.5 Å². The number of aryl methyl sites for hydroxylation is 1. The Bertz CT molecular complexity index is 494. The van der Waals surface area contributed by atoms with Gasteiger partial charge < -0.3 is 16.4 Å². The SMILES string of the molecule is Cc1ccc(CN(C(=O)C(N)CC(N)=O)C2CC2)cc1. The number of nitrogens with two attached hydrogens (primary N) is 2. The van der Waals surface area contributed by atoms with E-state index in [0.717, 1.165) is 18.4 Å². The van der Waals surface area contributed by atoms with E-state index in [2.05, 4.69) is 0 Å². The van der Waals surface area contributed by atoms with Gasteiger partial charge in [0.05, 0.1) is 12.5 Å². The van der Waals surface area contributed by atoms with Crippen LogP contribution in [0.15, 0.2) is 24.3 Å². The minimum absolute atomic E-state index is 0.101. The second kappa shape index (κ2) is 6.05. The Balaban J connectivity index is 2.05. The highest BCUT2D eigenvalue weighted by atomic mass is 16.2. The number of carbonyl (C=O) groups is 2. The molecule has 0 spiro atoms. The lowest BCUT2D eigenvalue weighted by Crippen LogP contribution is -2.46. The van der Waals surface area contributed by atoms with Gasteiger partial charge in [-0.15, -0.1) is 0 Å². The second-order valence-corrected chi connectivity index (χ2v) is 5.46. The third-order valence-electron chi connectivity index (χ3n) is 3.48. The molecule has 1 atom stereocenters. The van der Waals surface area contributed by atoms with E-state index in [1.54, 1.807) is 4.90 Å². The molecule has 20 heavy (non-hydrogen) atoms. The highest BCUT2D eigenvalue weighted by Gasteiger charge is 2.35. The molecule has 0 bridgehead atoms. The van der Waals surface area contributed by atoms with Crippen molar-refractivity contribution in [3.8, 4) is 0 Å². The number of benzene rings is 1. The van der Waals surface area contributed by atoms with Crippen molar-refractivity contribution in [1.29, 1.82) is 0 Å². The Kier molecular flexibility index (Phi) is 4.39. The van der Waals surface area contributed by atoms with Gasteiger partial charge in [0.25, 0.3) is 0 Å². The number of primary amides is 1. The first-order chi connectivity index (χ1) is 9.47. The average Bonchev–Trinajstić information content (AvgIpc) is 3.21. The van der Waals surface area contributed by atoms with Crippen molar-refractivity contribution in [1.82, 2.24) is 4.90 Å². The Morgan fingerprint density at radius 1 is 1.30 bits per heavy atom. The fourth-order valence-electron chi connectivity index (χ4n) is 2.18. The van der Waals surface area contributed by atoms with Crippen LogP contribution in [0.1, 0.15) is 30.4 Å². The maximum absolute atomic E-state index is 12.3. The quantitative estimate of drug-likeness (QED) is 0.800. The topological polar surface area (TPSA) is 89.4 Å². The third kappa shape index (κ3) is 3.81. The zero-order valence-corrected chi connectivity index (χ0v) is 11.7. The number of amides is 2. The van der Waals surface area contributed by atoms with Crippen molar-refractivity contribution in [3.63, 3.8) is 0 Å². The van der Waals surface area contributed by atoms with Crippen molar-refractivity contribution < 1.29 is 9.59 Å². The van der Waals surface area contributed by atoms with Crippen LogP contribution in [-0.2, 0) is 16.1 Å². The van der Waals surface area contributed by atoms with Crippen LogP contribution in [0.2, 0.25) is 0 Å². The van der Waals surface area contributed by atoms with Gasteiger partial charge in [-0.2, -0.15) is 0 Å². The molecule has 1 unspecified atom stereocenters. The van der Waals surface area contributed by atoms with Gasteiger partial charge in [-0.1, -0.05) is 29.8 Å². The largest absolute Gasteiger partial charge is 0.370 e. The number of hydrogen-bond donors (Lipinski definition) is 2. The zero-order chi connectivity index (χ0) is 14.7. The Labute approximate surface area is 118 Å². The molecule has 1 aromatic rings. The standard InChI is InChI=1S/C15H21N3O2/c1-10-2-4-11(5-3-10)9-18(12-6-7-12)15(20)13(16)8-14(17)19/h2-5,12-13H,6-9,16H2,1H3,(H2,17,19). The van der Waals surface area contributed by atoms with Gasteiger partial charge in [-0.05, 0) is 25.3 Å². The van der Waals surface area contributed by atoms with Gasteiger partial charge in [-0.25, -0.2) is 0 Å². The summed E-state index contributed by atoms with van der Waals surface area (Å²) in [6.45, 7) is 2.56. The number of rotatable bonds is 6. The first kappa shape index (κ1) is 14.5. The first-order valence-electron chi connectivity index (χ1n) is 6.87. The molecular weight excluding hydrogens is 254 g/mol. The maximum atomic E-state index is 12.3.